The summed E-state index contributed by atoms with van der Waals surface area (Å²) in [5.74, 6) is -1.85. The molecular formula is C13H6F4N4OS. The van der Waals surface area contributed by atoms with Gasteiger partial charge in [-0.25, -0.2) is 4.39 Å². The first-order chi connectivity index (χ1) is 10.8. The van der Waals surface area contributed by atoms with Crippen molar-refractivity contribution < 1.29 is 22.4 Å². The second-order valence-electron chi connectivity index (χ2n) is 4.47. The fourth-order valence-electron chi connectivity index (χ4n) is 1.83. The summed E-state index contributed by atoms with van der Waals surface area (Å²) < 4.78 is 50.9. The number of aliphatic imine (C=N–C) groups is 1. The molecule has 0 aliphatic carbocycles. The van der Waals surface area contributed by atoms with E-state index in [4.69, 9.17) is 5.41 Å². The molecule has 0 spiro atoms. The Morgan fingerprint density at radius 1 is 1.22 bits per heavy atom. The summed E-state index contributed by atoms with van der Waals surface area (Å²) in [6.45, 7) is 0. The number of carbonyl (C=O) groups excluding carboxylic acids is 1. The Bertz CT molecular complexity index is 795. The molecule has 10 heteroatoms. The lowest BCUT2D eigenvalue weighted by atomic mass is 10.1. The molecule has 2 heterocycles. The van der Waals surface area contributed by atoms with Gasteiger partial charge < -0.3 is 0 Å². The summed E-state index contributed by atoms with van der Waals surface area (Å²) in [4.78, 5) is 15.5. The number of rotatable bonds is 1. The number of nitrogens with one attached hydrogen (secondary N) is 1. The fraction of sp³-hybridized carbons (Fsp3) is 0.0769. The number of carbonyl (C=O) groups is 1. The summed E-state index contributed by atoms with van der Waals surface area (Å²) in [6.07, 6.45) is -3.44. The lowest BCUT2D eigenvalue weighted by molar-refractivity contribution is -0.114. The highest BCUT2D eigenvalue weighted by Gasteiger charge is 2.46. The van der Waals surface area contributed by atoms with Gasteiger partial charge in [0.15, 0.2) is 5.84 Å². The van der Waals surface area contributed by atoms with Crippen LogP contribution in [0.1, 0.15) is 5.56 Å². The standard InChI is InChI=1S/C13H6F4N4OS/c14-7-3-1-6(2-4-7)5-8-9(18)21-12(19-10(8)22)23-11(20-21)13(15,16)17/h1-5,18H. The third-order valence-corrected chi connectivity index (χ3v) is 3.83. The summed E-state index contributed by atoms with van der Waals surface area (Å²) in [5.41, 5.74) is 0.179. The number of hydrogen-bond acceptors (Lipinski definition) is 4. The Labute approximate surface area is 130 Å². The molecule has 5 nitrogen and oxygen atoms in total. The van der Waals surface area contributed by atoms with Crippen LogP contribution < -0.4 is 0 Å². The molecule has 1 aromatic carbocycles. The van der Waals surface area contributed by atoms with Crippen LogP contribution in [0.5, 0.6) is 0 Å². The third kappa shape index (κ3) is 2.89. The molecule has 0 saturated heterocycles. The Morgan fingerprint density at radius 2 is 1.87 bits per heavy atom. The molecule has 2 aliphatic heterocycles. The molecule has 118 valence electrons. The van der Waals surface area contributed by atoms with Crippen LogP contribution in [-0.2, 0) is 4.79 Å². The van der Waals surface area contributed by atoms with E-state index in [-0.39, 0.29) is 22.5 Å². The van der Waals surface area contributed by atoms with Crippen molar-refractivity contribution in [2.45, 2.75) is 6.18 Å². The van der Waals surface area contributed by atoms with Gasteiger partial charge in [-0.3, -0.25) is 10.2 Å². The molecular weight excluding hydrogens is 336 g/mol. The fourth-order valence-corrected chi connectivity index (χ4v) is 2.59. The van der Waals surface area contributed by atoms with E-state index >= 15 is 0 Å². The minimum atomic E-state index is -4.69. The first-order valence-electron chi connectivity index (χ1n) is 6.09. The number of nitrogens with zero attached hydrogens (tertiary/aromatic N) is 3. The number of benzene rings is 1. The van der Waals surface area contributed by atoms with Gasteiger partial charge in [0.1, 0.15) is 5.82 Å². The predicted octanol–water partition coefficient (Wildman–Crippen LogP) is 3.01. The normalized spacial score (nSPS) is 19.8. The molecule has 0 saturated carbocycles. The van der Waals surface area contributed by atoms with Gasteiger partial charge in [0.25, 0.3) is 5.91 Å². The highest BCUT2D eigenvalue weighted by atomic mass is 32.2. The number of thioether (sulfide) groups is 1. The van der Waals surface area contributed by atoms with E-state index in [1.807, 2.05) is 0 Å². The zero-order valence-corrected chi connectivity index (χ0v) is 11.9. The highest BCUT2D eigenvalue weighted by molar-refractivity contribution is 8.27. The van der Waals surface area contributed by atoms with Crippen LogP contribution in [0.3, 0.4) is 0 Å². The maximum atomic E-state index is 12.9. The number of alkyl halides is 3. The van der Waals surface area contributed by atoms with Gasteiger partial charge in [-0.15, -0.1) is 0 Å². The summed E-state index contributed by atoms with van der Waals surface area (Å²) >= 11 is 0.182. The molecule has 23 heavy (non-hydrogen) atoms. The van der Waals surface area contributed by atoms with E-state index in [0.29, 0.717) is 10.6 Å². The molecule has 1 N–H and O–H groups in total. The number of hydrazone groups is 1. The van der Waals surface area contributed by atoms with Crippen molar-refractivity contribution >= 4 is 39.8 Å². The van der Waals surface area contributed by atoms with Crippen molar-refractivity contribution in [3.8, 4) is 0 Å². The molecule has 0 fully saturated rings. The minimum Gasteiger partial charge on any atom is -0.282 e. The zero-order valence-electron chi connectivity index (χ0n) is 11.1. The number of amides is 1. The van der Waals surface area contributed by atoms with Crippen molar-refractivity contribution in [3.63, 3.8) is 0 Å². The lowest BCUT2D eigenvalue weighted by Crippen LogP contribution is -2.35. The Kier molecular flexibility index (Phi) is 3.55. The van der Waals surface area contributed by atoms with Gasteiger partial charge in [0.05, 0.1) is 5.57 Å². The van der Waals surface area contributed by atoms with E-state index in [9.17, 15) is 22.4 Å². The maximum Gasteiger partial charge on any atom is 0.441 e. The van der Waals surface area contributed by atoms with Gasteiger partial charge in [-0.05, 0) is 35.5 Å². The van der Waals surface area contributed by atoms with Crippen molar-refractivity contribution in [2.75, 3.05) is 0 Å². The van der Waals surface area contributed by atoms with Crippen LogP contribution >= 0.6 is 11.8 Å². The largest absolute Gasteiger partial charge is 0.441 e. The number of amidine groups is 2. The number of halogens is 4. The second-order valence-corrected chi connectivity index (χ2v) is 5.43. The van der Waals surface area contributed by atoms with E-state index in [0.717, 1.165) is 12.1 Å². The minimum absolute atomic E-state index is 0.182. The average Bonchev–Trinajstić information content (AvgIpc) is 2.89. The van der Waals surface area contributed by atoms with Gasteiger partial charge >= 0.3 is 6.18 Å². The van der Waals surface area contributed by atoms with Gasteiger partial charge in [0.2, 0.25) is 10.2 Å². The van der Waals surface area contributed by atoms with Gasteiger partial charge in [-0.2, -0.15) is 28.3 Å². The van der Waals surface area contributed by atoms with Crippen molar-refractivity contribution in [3.05, 3.63) is 41.2 Å². The van der Waals surface area contributed by atoms with Crippen LogP contribution in [0, 0.1) is 11.2 Å². The molecule has 1 aromatic rings. The predicted molar refractivity (Wildman–Crippen MR) is 77.5 cm³/mol. The topological polar surface area (TPSA) is 68.9 Å². The van der Waals surface area contributed by atoms with E-state index in [1.54, 1.807) is 0 Å². The van der Waals surface area contributed by atoms with E-state index < -0.39 is 28.8 Å². The first-order valence-corrected chi connectivity index (χ1v) is 6.90. The van der Waals surface area contributed by atoms with Gasteiger partial charge in [0, 0.05) is 0 Å². The van der Waals surface area contributed by atoms with E-state index in [2.05, 4.69) is 10.1 Å². The Hall–Kier alpha value is -2.49. The SMILES string of the molecule is N=C1C(=Cc2ccc(F)cc2)C(=O)N=C2SC(C(F)(F)F)=NN12. The smallest absolute Gasteiger partial charge is 0.282 e. The first kappa shape index (κ1) is 15.4. The van der Waals surface area contributed by atoms with Crippen LogP contribution in [0.15, 0.2) is 39.9 Å². The molecule has 0 bridgehead atoms. The Morgan fingerprint density at radius 3 is 2.48 bits per heavy atom. The van der Waals surface area contributed by atoms with Crippen molar-refractivity contribution in [2.24, 2.45) is 10.1 Å². The summed E-state index contributed by atoms with van der Waals surface area (Å²) in [6, 6.07) is 5.05. The monoisotopic (exact) mass is 342 g/mol. The third-order valence-electron chi connectivity index (χ3n) is 2.88. The molecule has 0 unspecified atom stereocenters. The van der Waals surface area contributed by atoms with Crippen molar-refractivity contribution in [1.82, 2.24) is 5.01 Å². The lowest BCUT2D eigenvalue weighted by Gasteiger charge is -2.20. The van der Waals surface area contributed by atoms with Crippen LogP contribution in [0.25, 0.3) is 6.08 Å². The van der Waals surface area contributed by atoms with Crippen LogP contribution in [0.4, 0.5) is 17.6 Å². The number of hydrogen-bond donors (Lipinski definition) is 1. The molecule has 0 atom stereocenters. The van der Waals surface area contributed by atoms with Crippen LogP contribution in [0.2, 0.25) is 0 Å². The quantitative estimate of drug-likeness (QED) is 0.630. The zero-order chi connectivity index (χ0) is 16.8. The highest BCUT2D eigenvalue weighted by Crippen LogP contribution is 2.35. The summed E-state index contributed by atoms with van der Waals surface area (Å²) in [5, 5.41) is 10.3. The van der Waals surface area contributed by atoms with Crippen molar-refractivity contribution in [1.29, 1.82) is 5.41 Å². The molecule has 3 rings (SSSR count). The molecule has 0 aromatic heterocycles. The van der Waals surface area contributed by atoms with E-state index in [1.165, 1.54) is 18.2 Å². The number of fused-ring (bicyclic) bond motifs is 1. The maximum absolute atomic E-state index is 12.9. The summed E-state index contributed by atoms with van der Waals surface area (Å²) in [7, 11) is 0. The Balaban J connectivity index is 1.97. The second kappa shape index (κ2) is 5.30. The van der Waals surface area contributed by atoms with Gasteiger partial charge in [-0.1, -0.05) is 12.1 Å². The molecule has 0 radical (unpaired) electrons. The average molecular weight is 342 g/mol. The van der Waals surface area contributed by atoms with Crippen LogP contribution in [-0.4, -0.2) is 33.1 Å². The molecule has 2 aliphatic rings. The molecule has 1 amide bonds.